The first-order chi connectivity index (χ1) is 19.9. The predicted octanol–water partition coefficient (Wildman–Crippen LogP) is 4.30. The summed E-state index contributed by atoms with van der Waals surface area (Å²) in [5, 5.41) is 7.39. The molecule has 0 radical (unpaired) electrons. The van der Waals surface area contributed by atoms with Crippen molar-refractivity contribution in [2.75, 3.05) is 13.7 Å². The van der Waals surface area contributed by atoms with E-state index in [-0.39, 0.29) is 41.5 Å². The monoisotopic (exact) mass is 609 g/mol. The van der Waals surface area contributed by atoms with Crippen LogP contribution in [0.2, 0.25) is 5.02 Å². The van der Waals surface area contributed by atoms with Crippen LogP contribution in [0, 0.1) is 6.92 Å². The summed E-state index contributed by atoms with van der Waals surface area (Å²) in [5.74, 6) is -3.13. The maximum atomic E-state index is 14.1. The van der Waals surface area contributed by atoms with Gasteiger partial charge in [0, 0.05) is 17.0 Å². The Kier molecular flexibility index (Phi) is 9.36. The molecule has 0 aliphatic carbocycles. The number of methoxy groups -OCH3 is 1. The first-order valence-electron chi connectivity index (χ1n) is 12.8. The fourth-order valence-electron chi connectivity index (χ4n) is 4.55. The first-order valence-corrected chi connectivity index (χ1v) is 13.2. The number of halogens is 4. The van der Waals surface area contributed by atoms with E-state index in [9.17, 15) is 27.6 Å². The van der Waals surface area contributed by atoms with Gasteiger partial charge in [0.25, 0.3) is 0 Å². The van der Waals surface area contributed by atoms with Gasteiger partial charge in [-0.05, 0) is 49.2 Å². The quantitative estimate of drug-likeness (QED) is 0.285. The normalized spacial score (nSPS) is 16.1. The fourth-order valence-corrected chi connectivity index (χ4v) is 4.73. The topological polar surface area (TPSA) is 134 Å². The zero-order valence-corrected chi connectivity index (χ0v) is 23.5. The third kappa shape index (κ3) is 6.65. The van der Waals surface area contributed by atoms with E-state index in [4.69, 9.17) is 25.8 Å². The molecule has 15 heteroatoms. The number of nitrogens with zero attached hydrogens (tertiary/aromatic N) is 3. The molecule has 2 atom stereocenters. The maximum absolute atomic E-state index is 14.1. The average molecular weight is 610 g/mol. The minimum atomic E-state index is -4.90. The number of nitrogens with one attached hydrogen (secondary N) is 2. The highest BCUT2D eigenvalue weighted by atomic mass is 35.5. The van der Waals surface area contributed by atoms with Gasteiger partial charge in [-0.3, -0.25) is 29.8 Å². The van der Waals surface area contributed by atoms with Crippen molar-refractivity contribution in [2.24, 2.45) is 0 Å². The number of fused-ring (bicyclic) bond motifs is 3. The zero-order chi connectivity index (χ0) is 30.6. The van der Waals surface area contributed by atoms with Crippen molar-refractivity contribution < 1.29 is 41.8 Å². The van der Waals surface area contributed by atoms with E-state index in [2.05, 4.69) is 21.0 Å². The Labute approximate surface area is 243 Å². The summed E-state index contributed by atoms with van der Waals surface area (Å²) in [6, 6.07) is 9.47. The second-order valence-electron chi connectivity index (χ2n) is 9.20. The van der Waals surface area contributed by atoms with Crippen molar-refractivity contribution in [3.8, 4) is 11.4 Å². The Balaban J connectivity index is 1.71. The van der Waals surface area contributed by atoms with Crippen molar-refractivity contribution in [3.05, 3.63) is 69.8 Å². The number of ether oxygens (including phenoxy) is 3. The molecule has 2 heterocycles. The minimum Gasteiger partial charge on any atom is -0.496 e. The zero-order valence-electron chi connectivity index (χ0n) is 22.8. The van der Waals surface area contributed by atoms with Gasteiger partial charge in [0.2, 0.25) is 17.6 Å². The van der Waals surface area contributed by atoms with E-state index in [1.165, 1.54) is 25.3 Å². The van der Waals surface area contributed by atoms with E-state index in [0.717, 1.165) is 4.57 Å². The molecule has 42 heavy (non-hydrogen) atoms. The molecule has 1 aliphatic heterocycles. The summed E-state index contributed by atoms with van der Waals surface area (Å²) in [4.78, 5) is 36.5. The number of rotatable bonds is 8. The molecule has 2 aromatic carbocycles. The van der Waals surface area contributed by atoms with Crippen LogP contribution in [0.3, 0.4) is 0 Å². The van der Waals surface area contributed by atoms with Gasteiger partial charge in [0.05, 0.1) is 32.2 Å². The summed E-state index contributed by atoms with van der Waals surface area (Å²) < 4.78 is 59.7. The number of amides is 2. The van der Waals surface area contributed by atoms with E-state index in [1.54, 1.807) is 32.0 Å². The number of carbonyl (C=O) groups is 3. The van der Waals surface area contributed by atoms with Gasteiger partial charge in [-0.25, -0.2) is 0 Å². The van der Waals surface area contributed by atoms with E-state index in [0.29, 0.717) is 16.9 Å². The molecule has 4 rings (SSSR count). The van der Waals surface area contributed by atoms with Crippen molar-refractivity contribution in [1.29, 1.82) is 0 Å². The lowest BCUT2D eigenvalue weighted by atomic mass is 9.95. The highest BCUT2D eigenvalue weighted by Crippen LogP contribution is 2.45. The summed E-state index contributed by atoms with van der Waals surface area (Å²) in [7, 11) is 1.48. The molecule has 0 unspecified atom stereocenters. The molecular weight excluding hydrogens is 583 g/mol. The van der Waals surface area contributed by atoms with Gasteiger partial charge in [-0.2, -0.15) is 13.2 Å². The highest BCUT2D eigenvalue weighted by Gasteiger charge is 2.43. The van der Waals surface area contributed by atoms with Gasteiger partial charge < -0.3 is 14.2 Å². The Bertz CT molecular complexity index is 1500. The molecule has 1 aromatic heterocycles. The number of hydrogen-bond acceptors (Lipinski definition) is 8. The van der Waals surface area contributed by atoms with Crippen LogP contribution in [0.4, 0.5) is 13.2 Å². The molecule has 11 nitrogen and oxygen atoms in total. The number of esters is 1. The summed E-state index contributed by atoms with van der Waals surface area (Å²) in [5.41, 5.74) is 5.92. The van der Waals surface area contributed by atoms with Gasteiger partial charge in [-0.15, -0.1) is 10.2 Å². The standard InChI is InChI=1S/C27H27ClF3N5O6/c1-4-41-23(39)11-10-21(37)32-33-22(38)13-20-25-34-35-26(27(29,30)31)36(25)18-9-8-15(28)12-17(18)24(42-20)16-6-5-7-19(40-3)14(16)2/h5-9,12,20,24H,4,10-11,13H2,1-3H3,(H,32,37)(H,33,38)/t20-,24-/m1/s1. The SMILES string of the molecule is CCOC(=O)CCC(=O)NNC(=O)C[C@H]1O[C@H](c2cccc(OC)c2C)c2cc(Cl)ccc2-n2c1nnc2C(F)(F)F. The van der Waals surface area contributed by atoms with Gasteiger partial charge in [-0.1, -0.05) is 23.7 Å². The molecule has 3 aromatic rings. The molecule has 0 saturated carbocycles. The van der Waals surface area contributed by atoms with Gasteiger partial charge in [0.15, 0.2) is 5.82 Å². The lowest BCUT2D eigenvalue weighted by molar-refractivity contribution is -0.146. The van der Waals surface area contributed by atoms with Crippen molar-refractivity contribution in [3.63, 3.8) is 0 Å². The van der Waals surface area contributed by atoms with E-state index in [1.807, 2.05) is 0 Å². The van der Waals surface area contributed by atoms with Crippen LogP contribution in [-0.4, -0.2) is 46.3 Å². The second-order valence-corrected chi connectivity index (χ2v) is 9.64. The lowest BCUT2D eigenvalue weighted by Crippen LogP contribution is -2.42. The molecule has 0 spiro atoms. The molecule has 2 amide bonds. The third-order valence-corrected chi connectivity index (χ3v) is 6.68. The van der Waals surface area contributed by atoms with Crippen LogP contribution in [0.15, 0.2) is 36.4 Å². The number of hydrogen-bond donors (Lipinski definition) is 2. The van der Waals surface area contributed by atoms with Crippen molar-refractivity contribution in [2.45, 2.75) is 51.5 Å². The van der Waals surface area contributed by atoms with Crippen LogP contribution in [0.5, 0.6) is 5.75 Å². The molecular formula is C27H27ClF3N5O6. The minimum absolute atomic E-state index is 0.0640. The van der Waals surface area contributed by atoms with Crippen molar-refractivity contribution >= 4 is 29.4 Å². The van der Waals surface area contributed by atoms with Crippen LogP contribution < -0.4 is 15.6 Å². The first kappa shape index (κ1) is 30.8. The lowest BCUT2D eigenvalue weighted by Gasteiger charge is -2.24. The summed E-state index contributed by atoms with van der Waals surface area (Å²) in [6.45, 7) is 3.55. The number of aromatic nitrogens is 3. The largest absolute Gasteiger partial charge is 0.496 e. The Hall–Kier alpha value is -4.17. The number of hydrazine groups is 1. The number of benzene rings is 2. The van der Waals surface area contributed by atoms with Crippen LogP contribution in [-0.2, 0) is 30.0 Å². The molecule has 0 fully saturated rings. The smallest absolute Gasteiger partial charge is 0.452 e. The molecule has 2 N–H and O–H groups in total. The summed E-state index contributed by atoms with van der Waals surface area (Å²) >= 11 is 6.29. The van der Waals surface area contributed by atoms with Gasteiger partial charge >= 0.3 is 12.1 Å². The molecule has 0 bridgehead atoms. The molecule has 0 saturated heterocycles. The van der Waals surface area contributed by atoms with E-state index >= 15 is 0 Å². The van der Waals surface area contributed by atoms with E-state index < -0.39 is 48.4 Å². The number of carbonyl (C=O) groups excluding carboxylic acids is 3. The van der Waals surface area contributed by atoms with Crippen LogP contribution in [0.25, 0.3) is 5.69 Å². The Morgan fingerprint density at radius 1 is 1.07 bits per heavy atom. The average Bonchev–Trinajstić information content (AvgIpc) is 3.35. The Morgan fingerprint density at radius 2 is 1.81 bits per heavy atom. The maximum Gasteiger partial charge on any atom is 0.452 e. The number of alkyl halides is 3. The predicted molar refractivity (Wildman–Crippen MR) is 142 cm³/mol. The van der Waals surface area contributed by atoms with Crippen LogP contribution >= 0.6 is 11.6 Å². The van der Waals surface area contributed by atoms with Gasteiger partial charge in [0.1, 0.15) is 18.0 Å². The van der Waals surface area contributed by atoms with Crippen molar-refractivity contribution in [1.82, 2.24) is 25.6 Å². The second kappa shape index (κ2) is 12.8. The molecule has 1 aliphatic rings. The summed E-state index contributed by atoms with van der Waals surface area (Å²) in [6.07, 6.45) is -8.26. The highest BCUT2D eigenvalue weighted by molar-refractivity contribution is 6.30. The van der Waals surface area contributed by atoms with Crippen LogP contribution in [0.1, 0.15) is 66.7 Å². The fraction of sp³-hybridized carbons (Fsp3) is 0.370. The third-order valence-electron chi connectivity index (χ3n) is 6.44. The Morgan fingerprint density at radius 3 is 2.50 bits per heavy atom. The molecule has 224 valence electrons.